The number of rotatable bonds is 2. The molecular formula is C5H8Cl6NaO4P. The maximum atomic E-state index is 8.88. The van der Waals surface area contributed by atoms with Crippen LogP contribution in [0.15, 0.2) is 0 Å². The molecule has 4 nitrogen and oxygen atoms in total. The van der Waals surface area contributed by atoms with Crippen LogP contribution in [0.5, 0.6) is 0 Å². The summed E-state index contributed by atoms with van der Waals surface area (Å²) >= 11 is 33.3. The zero-order chi connectivity index (χ0) is 13.8. The summed E-state index contributed by atoms with van der Waals surface area (Å²) in [6.07, 6.45) is 0.378. The number of hydrogen-bond donors (Lipinski definition) is 3. The Morgan fingerprint density at radius 2 is 1.35 bits per heavy atom. The van der Waals surface area contributed by atoms with Crippen LogP contribution in [-0.2, 0) is 4.57 Å². The Hall–Kier alpha value is 2.85. The van der Waals surface area contributed by atoms with Crippen molar-refractivity contribution in [2.75, 3.05) is 0 Å². The van der Waals surface area contributed by atoms with E-state index in [0.717, 1.165) is 0 Å². The molecule has 0 spiro atoms. The van der Waals surface area contributed by atoms with Crippen LogP contribution in [0, 0.1) is 5.38 Å². The van der Waals surface area contributed by atoms with Gasteiger partial charge in [-0.2, -0.15) is 0 Å². The van der Waals surface area contributed by atoms with Crippen LogP contribution < -0.4 is 29.6 Å². The minimum Gasteiger partial charge on any atom is -0.339 e. The Labute approximate surface area is 151 Å². The summed E-state index contributed by atoms with van der Waals surface area (Å²) in [5.74, 6) is 0. The topological polar surface area (TPSA) is 77.8 Å². The van der Waals surface area contributed by atoms with E-state index in [0.29, 0.717) is 6.42 Å². The molecule has 0 amide bonds. The Morgan fingerprint density at radius 3 is 1.41 bits per heavy atom. The molecule has 0 aliphatic carbocycles. The van der Waals surface area contributed by atoms with Gasteiger partial charge in [-0.3, -0.25) is 0 Å². The fourth-order valence-corrected chi connectivity index (χ4v) is 1.55. The fraction of sp³-hybridized carbons (Fsp3) is 0.800. The minimum atomic E-state index is -4.64. The minimum absolute atomic E-state index is 0. The van der Waals surface area contributed by atoms with Gasteiger partial charge in [-0.05, 0) is 6.42 Å². The Kier molecular flexibility index (Phi) is 14.2. The fourth-order valence-electron chi connectivity index (χ4n) is 0.363. The second-order valence-corrected chi connectivity index (χ2v) is 7.55. The van der Waals surface area contributed by atoms with Gasteiger partial charge in [0.2, 0.25) is 0 Å². The molecule has 3 N–H and O–H groups in total. The van der Waals surface area contributed by atoms with E-state index in [2.05, 4.69) is 0 Å². The third-order valence-corrected chi connectivity index (χ3v) is 3.58. The first-order valence-electron chi connectivity index (χ1n) is 3.48. The predicted molar refractivity (Wildman–Crippen MR) is 68.4 cm³/mol. The number of alkyl halides is 5. The van der Waals surface area contributed by atoms with Crippen LogP contribution >= 0.6 is 77.4 Å². The summed E-state index contributed by atoms with van der Waals surface area (Å²) in [5, 5.41) is -0.0965. The molecule has 0 unspecified atom stereocenters. The molecule has 17 heavy (non-hydrogen) atoms. The van der Waals surface area contributed by atoms with Crippen LogP contribution in [0.3, 0.4) is 0 Å². The van der Waals surface area contributed by atoms with Crippen LogP contribution in [0.25, 0.3) is 0 Å². The Balaban J connectivity index is -0.000000280. The predicted octanol–water partition coefficient (Wildman–Crippen LogP) is 0.787. The van der Waals surface area contributed by atoms with Crippen molar-refractivity contribution in [3.8, 4) is 0 Å². The summed E-state index contributed by atoms with van der Waals surface area (Å²) in [5.41, 5.74) is 0. The Bertz CT molecular complexity index is 245. The number of hydrogen-bond acceptors (Lipinski definition) is 1. The maximum Gasteiger partial charge on any atom is 1.00 e. The molecule has 0 aromatic carbocycles. The molecule has 0 saturated carbocycles. The average Bonchev–Trinajstić information content (AvgIpc) is 1.98. The second-order valence-electron chi connectivity index (χ2n) is 2.38. The van der Waals surface area contributed by atoms with Crippen molar-refractivity contribution in [3.05, 3.63) is 5.38 Å². The van der Waals surface area contributed by atoms with Gasteiger partial charge >= 0.3 is 37.4 Å². The van der Waals surface area contributed by atoms with Crippen molar-refractivity contribution in [1.29, 1.82) is 0 Å². The van der Waals surface area contributed by atoms with E-state index < -0.39 is 15.9 Å². The molecule has 0 aliphatic rings. The van der Waals surface area contributed by atoms with E-state index >= 15 is 0 Å². The van der Waals surface area contributed by atoms with Gasteiger partial charge in [0.05, 0.1) is 3.79 Å². The van der Waals surface area contributed by atoms with Gasteiger partial charge in [0.25, 0.3) is 0 Å². The summed E-state index contributed by atoms with van der Waals surface area (Å²) in [6, 6.07) is 0. The molecule has 0 aliphatic heterocycles. The van der Waals surface area contributed by atoms with Crippen LogP contribution in [-0.4, -0.2) is 22.8 Å². The quantitative estimate of drug-likeness (QED) is 0.278. The molecule has 0 radical (unpaired) electrons. The van der Waals surface area contributed by atoms with Gasteiger partial charge in [-0.15, -0.1) is 63.4 Å². The molecule has 0 heterocycles. The van der Waals surface area contributed by atoms with Crippen molar-refractivity contribution in [2.24, 2.45) is 0 Å². The SMILES string of the molecule is CCC(Cl)(Cl)[C-](Cl)C(Cl)(Cl)Cl.O=P(O)(O)O.[Na+]. The van der Waals surface area contributed by atoms with E-state index in [9.17, 15) is 0 Å². The monoisotopic (exact) mass is 396 g/mol. The molecule has 0 fully saturated rings. The molecule has 0 atom stereocenters. The van der Waals surface area contributed by atoms with E-state index in [1.54, 1.807) is 6.92 Å². The molecule has 0 bridgehead atoms. The summed E-state index contributed by atoms with van der Waals surface area (Å²) in [4.78, 5) is 21.6. The Morgan fingerprint density at radius 1 is 1.12 bits per heavy atom. The van der Waals surface area contributed by atoms with E-state index in [-0.39, 0.29) is 34.9 Å². The first-order chi connectivity index (χ1) is 6.72. The normalized spacial score (nSPS) is 12.6. The zero-order valence-corrected chi connectivity index (χ0v) is 16.1. The molecule has 0 saturated heterocycles. The molecule has 12 heteroatoms. The van der Waals surface area contributed by atoms with Gasteiger partial charge in [-0.25, -0.2) is 4.57 Å². The molecule has 100 valence electrons. The van der Waals surface area contributed by atoms with E-state index in [1.165, 1.54) is 0 Å². The number of phosphoric acid groups is 1. The molecule has 0 aromatic heterocycles. The van der Waals surface area contributed by atoms with Gasteiger partial charge in [0.15, 0.2) is 0 Å². The van der Waals surface area contributed by atoms with Crippen molar-refractivity contribution in [2.45, 2.75) is 21.5 Å². The summed E-state index contributed by atoms with van der Waals surface area (Å²) in [6.45, 7) is 1.73. The van der Waals surface area contributed by atoms with Crippen molar-refractivity contribution in [1.82, 2.24) is 0 Å². The van der Waals surface area contributed by atoms with Gasteiger partial charge in [0.1, 0.15) is 0 Å². The maximum absolute atomic E-state index is 8.88. The molecular weight excluding hydrogens is 391 g/mol. The van der Waals surface area contributed by atoms with Crippen molar-refractivity contribution < 1.29 is 48.8 Å². The third-order valence-electron chi connectivity index (χ3n) is 1.01. The summed E-state index contributed by atoms with van der Waals surface area (Å²) in [7, 11) is -4.64. The third kappa shape index (κ3) is 16.8. The van der Waals surface area contributed by atoms with E-state index in [1.807, 2.05) is 0 Å². The largest absolute Gasteiger partial charge is 1.00 e. The smallest absolute Gasteiger partial charge is 0.339 e. The molecule has 0 rings (SSSR count). The standard InChI is InChI=1S/C5H5Cl6.Na.H3O4P/c1-2-4(7,8)3(6)5(9,10)11;;1-5(2,3)4/h2H2,1H3;;(H3,1,2,3,4)/q-1;+1;. The first kappa shape index (κ1) is 24.8. The second kappa shape index (κ2) is 9.73. The average molecular weight is 399 g/mol. The van der Waals surface area contributed by atoms with Crippen LogP contribution in [0.2, 0.25) is 0 Å². The van der Waals surface area contributed by atoms with Crippen LogP contribution in [0.1, 0.15) is 13.3 Å². The summed E-state index contributed by atoms with van der Waals surface area (Å²) < 4.78 is 5.88. The van der Waals surface area contributed by atoms with Gasteiger partial charge in [0, 0.05) is 4.33 Å². The van der Waals surface area contributed by atoms with Crippen molar-refractivity contribution in [3.63, 3.8) is 0 Å². The number of halogens is 6. The van der Waals surface area contributed by atoms with Crippen molar-refractivity contribution >= 4 is 77.4 Å². The zero-order valence-electron chi connectivity index (χ0n) is 8.67. The van der Waals surface area contributed by atoms with Gasteiger partial charge < -0.3 is 26.3 Å². The van der Waals surface area contributed by atoms with Gasteiger partial charge in [-0.1, -0.05) is 6.92 Å². The molecule has 0 aromatic rings. The van der Waals surface area contributed by atoms with Crippen LogP contribution in [0.4, 0.5) is 0 Å². The first-order valence-corrected chi connectivity index (χ1v) is 7.31. The van der Waals surface area contributed by atoms with E-state index in [4.69, 9.17) is 88.9 Å².